The molecule has 1 aliphatic carbocycles. The van der Waals surface area contributed by atoms with Crippen molar-refractivity contribution in [2.24, 2.45) is 0 Å². The summed E-state index contributed by atoms with van der Waals surface area (Å²) in [6, 6.07) is 9.30. The van der Waals surface area contributed by atoms with Gasteiger partial charge < -0.3 is 4.98 Å². The van der Waals surface area contributed by atoms with E-state index in [-0.39, 0.29) is 6.04 Å². The summed E-state index contributed by atoms with van der Waals surface area (Å²) in [6.45, 7) is 2.03. The Kier molecular flexibility index (Phi) is 4.40. The second-order valence-corrected chi connectivity index (χ2v) is 9.95. The summed E-state index contributed by atoms with van der Waals surface area (Å²) in [5, 5.41) is 1.79. The van der Waals surface area contributed by atoms with E-state index in [4.69, 9.17) is 11.6 Å². The molecule has 0 fully saturated rings. The van der Waals surface area contributed by atoms with Gasteiger partial charge in [-0.2, -0.15) is 0 Å². The van der Waals surface area contributed by atoms with Gasteiger partial charge in [0.15, 0.2) is 0 Å². The summed E-state index contributed by atoms with van der Waals surface area (Å²) >= 11 is 7.48. The standard InChI is InChI=1S/C18H19ClN2O2S2/c1-2-13-5-8-18(24-13)25(22,23)21-12-4-7-17-15(10-12)14-9-11(19)3-6-16(14)20-17/h3,5-6,8-9,12,20-21H,2,4,7,10H2,1H3. The maximum atomic E-state index is 12.7. The van der Waals surface area contributed by atoms with Crippen LogP contribution in [-0.4, -0.2) is 19.4 Å². The molecule has 0 spiro atoms. The minimum absolute atomic E-state index is 0.0948. The first-order valence-corrected chi connectivity index (χ1v) is 11.0. The van der Waals surface area contributed by atoms with Crippen LogP contribution in [0.25, 0.3) is 10.9 Å². The minimum atomic E-state index is -3.46. The van der Waals surface area contributed by atoms with Crippen LogP contribution >= 0.6 is 22.9 Å². The number of thiophene rings is 1. The second kappa shape index (κ2) is 6.43. The molecule has 132 valence electrons. The van der Waals surface area contributed by atoms with Crippen LogP contribution in [0.2, 0.25) is 5.02 Å². The zero-order valence-corrected chi connectivity index (χ0v) is 16.2. The number of sulfonamides is 1. The Morgan fingerprint density at radius 2 is 2.16 bits per heavy atom. The summed E-state index contributed by atoms with van der Waals surface area (Å²) in [5.41, 5.74) is 3.43. The third kappa shape index (κ3) is 3.24. The molecule has 0 saturated heterocycles. The number of rotatable bonds is 4. The fourth-order valence-corrected chi connectivity index (χ4v) is 6.21. The van der Waals surface area contributed by atoms with Crippen LogP contribution in [0.3, 0.4) is 0 Å². The van der Waals surface area contributed by atoms with E-state index in [1.54, 1.807) is 6.07 Å². The molecule has 2 aromatic heterocycles. The smallest absolute Gasteiger partial charge is 0.250 e. The fraction of sp³-hybridized carbons (Fsp3) is 0.333. The van der Waals surface area contributed by atoms with E-state index in [0.29, 0.717) is 15.7 Å². The van der Waals surface area contributed by atoms with Crippen molar-refractivity contribution in [2.45, 2.75) is 42.9 Å². The molecule has 0 amide bonds. The Balaban J connectivity index is 1.60. The van der Waals surface area contributed by atoms with E-state index >= 15 is 0 Å². The average molecular weight is 395 g/mol. The van der Waals surface area contributed by atoms with E-state index < -0.39 is 10.0 Å². The number of hydrogen-bond donors (Lipinski definition) is 2. The molecule has 1 unspecified atom stereocenters. The van der Waals surface area contributed by atoms with Gasteiger partial charge in [-0.05, 0) is 61.6 Å². The quantitative estimate of drug-likeness (QED) is 0.693. The van der Waals surface area contributed by atoms with Crippen LogP contribution in [0.5, 0.6) is 0 Å². The van der Waals surface area contributed by atoms with Gasteiger partial charge in [0.25, 0.3) is 0 Å². The van der Waals surface area contributed by atoms with E-state index in [1.807, 2.05) is 31.2 Å². The third-order valence-electron chi connectivity index (χ3n) is 4.72. The highest BCUT2D eigenvalue weighted by atomic mass is 35.5. The SMILES string of the molecule is CCc1ccc(S(=O)(=O)NC2CCc3[nH]c4ccc(Cl)cc4c3C2)s1. The summed E-state index contributed by atoms with van der Waals surface area (Å²) in [6.07, 6.45) is 3.16. The van der Waals surface area contributed by atoms with Crippen LogP contribution in [0.4, 0.5) is 0 Å². The molecule has 4 rings (SSSR count). The lowest BCUT2D eigenvalue weighted by Gasteiger charge is -2.23. The molecular weight excluding hydrogens is 376 g/mol. The molecule has 0 bridgehead atoms. The Hall–Kier alpha value is -1.34. The number of nitrogens with one attached hydrogen (secondary N) is 2. The number of aromatic amines is 1. The van der Waals surface area contributed by atoms with Gasteiger partial charge in [-0.25, -0.2) is 13.1 Å². The average Bonchev–Trinajstić information content (AvgIpc) is 3.19. The first-order chi connectivity index (χ1) is 12.0. The van der Waals surface area contributed by atoms with Crippen LogP contribution in [0.15, 0.2) is 34.5 Å². The number of halogens is 1. The van der Waals surface area contributed by atoms with Crippen LogP contribution < -0.4 is 4.72 Å². The van der Waals surface area contributed by atoms with E-state index in [2.05, 4.69) is 9.71 Å². The molecule has 0 saturated carbocycles. The maximum absolute atomic E-state index is 12.7. The van der Waals surface area contributed by atoms with Crippen molar-refractivity contribution in [2.75, 3.05) is 0 Å². The molecule has 7 heteroatoms. The zero-order chi connectivity index (χ0) is 17.6. The molecule has 2 N–H and O–H groups in total. The summed E-state index contributed by atoms with van der Waals surface area (Å²) in [7, 11) is -3.46. The van der Waals surface area contributed by atoms with Crippen LogP contribution in [-0.2, 0) is 29.3 Å². The lowest BCUT2D eigenvalue weighted by atomic mass is 9.92. The number of aromatic nitrogens is 1. The van der Waals surface area contributed by atoms with Crippen molar-refractivity contribution < 1.29 is 8.42 Å². The van der Waals surface area contributed by atoms with Crippen molar-refractivity contribution in [3.63, 3.8) is 0 Å². The normalized spacial score (nSPS) is 17.8. The highest BCUT2D eigenvalue weighted by Gasteiger charge is 2.27. The topological polar surface area (TPSA) is 62.0 Å². The first kappa shape index (κ1) is 17.1. The third-order valence-corrected chi connectivity index (χ3v) is 8.20. The van der Waals surface area contributed by atoms with Gasteiger partial charge >= 0.3 is 0 Å². The van der Waals surface area contributed by atoms with Crippen molar-refractivity contribution in [1.82, 2.24) is 9.71 Å². The number of H-pyrrole nitrogens is 1. The van der Waals surface area contributed by atoms with Crippen molar-refractivity contribution in [3.05, 3.63) is 51.5 Å². The Labute approximate surface area is 156 Å². The molecular formula is C18H19ClN2O2S2. The van der Waals surface area contributed by atoms with Crippen molar-refractivity contribution >= 4 is 43.9 Å². The number of hydrogen-bond acceptors (Lipinski definition) is 3. The molecule has 1 atom stereocenters. The molecule has 0 radical (unpaired) electrons. The molecule has 4 nitrogen and oxygen atoms in total. The second-order valence-electron chi connectivity index (χ2n) is 6.41. The first-order valence-electron chi connectivity index (χ1n) is 8.36. The fourth-order valence-electron chi connectivity index (χ4n) is 3.46. The number of fused-ring (bicyclic) bond motifs is 3. The van der Waals surface area contributed by atoms with Gasteiger partial charge in [0, 0.05) is 32.5 Å². The van der Waals surface area contributed by atoms with Gasteiger partial charge in [0.1, 0.15) is 4.21 Å². The monoisotopic (exact) mass is 394 g/mol. The molecule has 1 aliphatic rings. The lowest BCUT2D eigenvalue weighted by Crippen LogP contribution is -2.38. The molecule has 25 heavy (non-hydrogen) atoms. The summed E-state index contributed by atoms with van der Waals surface area (Å²) in [5.74, 6) is 0. The molecule has 1 aromatic carbocycles. The zero-order valence-electron chi connectivity index (χ0n) is 13.8. The number of aryl methyl sites for hydroxylation is 2. The Morgan fingerprint density at radius 1 is 1.32 bits per heavy atom. The van der Waals surface area contributed by atoms with Gasteiger partial charge in [-0.15, -0.1) is 11.3 Å². The highest BCUT2D eigenvalue weighted by molar-refractivity contribution is 7.91. The van der Waals surface area contributed by atoms with E-state index in [1.165, 1.54) is 22.6 Å². The Bertz CT molecular complexity index is 1040. The van der Waals surface area contributed by atoms with Gasteiger partial charge in [-0.1, -0.05) is 18.5 Å². The minimum Gasteiger partial charge on any atom is -0.358 e. The Morgan fingerprint density at radius 3 is 2.92 bits per heavy atom. The van der Waals surface area contributed by atoms with Crippen LogP contribution in [0.1, 0.15) is 29.5 Å². The maximum Gasteiger partial charge on any atom is 0.250 e. The van der Waals surface area contributed by atoms with Gasteiger partial charge in [0.2, 0.25) is 10.0 Å². The largest absolute Gasteiger partial charge is 0.358 e. The van der Waals surface area contributed by atoms with E-state index in [0.717, 1.165) is 35.0 Å². The van der Waals surface area contributed by atoms with Crippen molar-refractivity contribution in [3.8, 4) is 0 Å². The van der Waals surface area contributed by atoms with Gasteiger partial charge in [-0.3, -0.25) is 0 Å². The summed E-state index contributed by atoms with van der Waals surface area (Å²) < 4.78 is 28.6. The molecule has 2 heterocycles. The van der Waals surface area contributed by atoms with Gasteiger partial charge in [0.05, 0.1) is 0 Å². The highest BCUT2D eigenvalue weighted by Crippen LogP contribution is 2.32. The number of benzene rings is 1. The lowest BCUT2D eigenvalue weighted by molar-refractivity contribution is 0.507. The van der Waals surface area contributed by atoms with Crippen molar-refractivity contribution in [1.29, 1.82) is 0 Å². The molecule has 0 aliphatic heterocycles. The predicted octanol–water partition coefficient (Wildman–Crippen LogP) is 4.28. The van der Waals surface area contributed by atoms with E-state index in [9.17, 15) is 8.42 Å². The molecule has 3 aromatic rings. The predicted molar refractivity (Wildman–Crippen MR) is 103 cm³/mol. The van der Waals surface area contributed by atoms with Crippen LogP contribution in [0, 0.1) is 0 Å². The summed E-state index contributed by atoms with van der Waals surface area (Å²) in [4.78, 5) is 4.52.